The Morgan fingerprint density at radius 2 is 1.86 bits per heavy atom. The number of nitrogens with zero attached hydrogens (tertiary/aromatic N) is 3. The van der Waals surface area contributed by atoms with Gasteiger partial charge in [-0.3, -0.25) is 9.59 Å². The summed E-state index contributed by atoms with van der Waals surface area (Å²) in [6, 6.07) is 15.0. The number of H-pyrrole nitrogens is 1. The van der Waals surface area contributed by atoms with Crippen LogP contribution >= 0.6 is 11.6 Å². The van der Waals surface area contributed by atoms with Crippen LogP contribution in [0.15, 0.2) is 73.6 Å². The summed E-state index contributed by atoms with van der Waals surface area (Å²) >= 11 is 6.54. The molecular weight excluding hydrogens is 578 g/mol. The average molecular weight is 614 g/mol. The topological polar surface area (TPSA) is 117 Å². The van der Waals surface area contributed by atoms with Crippen LogP contribution in [0.3, 0.4) is 0 Å². The molecule has 4 aromatic rings. The molecule has 1 amide bonds. The van der Waals surface area contributed by atoms with E-state index < -0.39 is 17.6 Å². The number of ether oxygens (including phenoxy) is 1. The van der Waals surface area contributed by atoms with Gasteiger partial charge in [0.05, 0.1) is 16.9 Å². The molecule has 2 aromatic heterocycles. The standard InChI is InChI=1S/C34H36ClN5O4/c1-5-25(41)14-21-9-8-10-22(13-21)15-30(42)23-16-24(20-40(19-23)33(43)44-34(2,3)4)38-32-37-18-28(35)31(39-32)27-17-36-29-12-7-6-11-26(27)29/h5-13,17-18,23-24,36H,1,14-16,19-20H2,2-4H3,(H,37,38,39)/t23-,24?/m1/s1. The molecule has 10 heteroatoms. The fraction of sp³-hybridized carbons (Fsp3) is 0.324. The molecule has 1 aliphatic heterocycles. The SMILES string of the molecule is C=CC(=O)Cc1cccc(CC(=O)[C@@H]2CC(Nc3ncc(Cl)c(-c4c[nH]c5ccccc45)n3)CN(C(=O)OC(C)(C)C)C2)c1. The molecule has 1 saturated heterocycles. The Morgan fingerprint density at radius 1 is 1.11 bits per heavy atom. The number of Topliss-reactive ketones (excluding diaryl/α,β-unsaturated/α-hetero) is 1. The lowest BCUT2D eigenvalue weighted by Crippen LogP contribution is -2.52. The number of hydrogen-bond acceptors (Lipinski definition) is 7. The van der Waals surface area contributed by atoms with Crippen LogP contribution in [-0.4, -0.2) is 62.2 Å². The summed E-state index contributed by atoms with van der Waals surface area (Å²) in [5, 5.41) is 4.74. The molecule has 0 aliphatic carbocycles. The maximum atomic E-state index is 13.6. The quantitative estimate of drug-likeness (QED) is 0.209. The Bertz CT molecular complexity index is 1710. The van der Waals surface area contributed by atoms with Gasteiger partial charge in [-0.05, 0) is 50.5 Å². The molecule has 1 aliphatic rings. The third-order valence-electron chi connectivity index (χ3n) is 7.46. The van der Waals surface area contributed by atoms with Crippen molar-refractivity contribution in [3.63, 3.8) is 0 Å². The zero-order valence-corrected chi connectivity index (χ0v) is 25.9. The van der Waals surface area contributed by atoms with Crippen molar-refractivity contribution in [1.29, 1.82) is 0 Å². The van der Waals surface area contributed by atoms with Crippen LogP contribution in [0, 0.1) is 5.92 Å². The highest BCUT2D eigenvalue weighted by Crippen LogP contribution is 2.33. The number of nitrogens with one attached hydrogen (secondary N) is 2. The van der Waals surface area contributed by atoms with E-state index in [1.807, 2.05) is 75.5 Å². The summed E-state index contributed by atoms with van der Waals surface area (Å²) < 4.78 is 5.67. The van der Waals surface area contributed by atoms with Crippen molar-refractivity contribution >= 4 is 46.1 Å². The van der Waals surface area contributed by atoms with Crippen LogP contribution in [0.1, 0.15) is 38.3 Å². The van der Waals surface area contributed by atoms with E-state index in [-0.39, 0.29) is 37.0 Å². The molecule has 1 fully saturated rings. The molecule has 1 unspecified atom stereocenters. The summed E-state index contributed by atoms with van der Waals surface area (Å²) in [6.45, 7) is 9.52. The number of anilines is 1. The minimum absolute atomic E-state index is 0.00578. The first-order valence-electron chi connectivity index (χ1n) is 14.6. The molecule has 0 radical (unpaired) electrons. The monoisotopic (exact) mass is 613 g/mol. The maximum Gasteiger partial charge on any atom is 0.410 e. The van der Waals surface area contributed by atoms with E-state index in [9.17, 15) is 14.4 Å². The van der Waals surface area contributed by atoms with Crippen molar-refractivity contribution in [2.75, 3.05) is 18.4 Å². The second-order valence-corrected chi connectivity index (χ2v) is 12.5. The van der Waals surface area contributed by atoms with E-state index in [0.717, 1.165) is 27.6 Å². The van der Waals surface area contributed by atoms with E-state index in [1.165, 1.54) is 6.08 Å². The van der Waals surface area contributed by atoms with E-state index >= 15 is 0 Å². The second-order valence-electron chi connectivity index (χ2n) is 12.1. The molecule has 2 aromatic carbocycles. The zero-order chi connectivity index (χ0) is 31.4. The first kappa shape index (κ1) is 30.9. The van der Waals surface area contributed by atoms with Gasteiger partial charge in [-0.25, -0.2) is 14.8 Å². The predicted molar refractivity (Wildman–Crippen MR) is 172 cm³/mol. The average Bonchev–Trinajstić information content (AvgIpc) is 3.41. The number of allylic oxidation sites excluding steroid dienone is 1. The molecule has 0 saturated carbocycles. The lowest BCUT2D eigenvalue weighted by Gasteiger charge is -2.38. The third kappa shape index (κ3) is 7.52. The van der Waals surface area contributed by atoms with Gasteiger partial charge in [0.2, 0.25) is 5.95 Å². The summed E-state index contributed by atoms with van der Waals surface area (Å²) in [6.07, 6.45) is 5.11. The minimum atomic E-state index is -0.687. The third-order valence-corrected chi connectivity index (χ3v) is 7.73. The summed E-state index contributed by atoms with van der Waals surface area (Å²) in [5.74, 6) is -0.196. The molecule has 5 rings (SSSR count). The highest BCUT2D eigenvalue weighted by molar-refractivity contribution is 6.33. The lowest BCUT2D eigenvalue weighted by molar-refractivity contribution is -0.123. The van der Waals surface area contributed by atoms with E-state index in [4.69, 9.17) is 21.3 Å². The number of ketones is 2. The minimum Gasteiger partial charge on any atom is -0.444 e. The molecule has 2 atom stereocenters. The summed E-state index contributed by atoms with van der Waals surface area (Å²) in [7, 11) is 0. The van der Waals surface area contributed by atoms with Gasteiger partial charge in [-0.15, -0.1) is 0 Å². The lowest BCUT2D eigenvalue weighted by atomic mass is 9.87. The fourth-order valence-corrected chi connectivity index (χ4v) is 5.65. The number of likely N-dealkylation sites (tertiary alicyclic amines) is 1. The predicted octanol–water partition coefficient (Wildman–Crippen LogP) is 6.43. The number of hydrogen-bond donors (Lipinski definition) is 2. The van der Waals surface area contributed by atoms with Crippen molar-refractivity contribution < 1.29 is 19.1 Å². The van der Waals surface area contributed by atoms with Gasteiger partial charge in [-0.1, -0.05) is 60.6 Å². The van der Waals surface area contributed by atoms with Crippen molar-refractivity contribution in [1.82, 2.24) is 19.9 Å². The van der Waals surface area contributed by atoms with Crippen molar-refractivity contribution in [3.8, 4) is 11.3 Å². The molecular formula is C34H36ClN5O4. The Morgan fingerprint density at radius 3 is 2.61 bits per heavy atom. The Hall–Kier alpha value is -4.50. The molecule has 3 heterocycles. The number of aromatic nitrogens is 3. The van der Waals surface area contributed by atoms with Crippen molar-refractivity contribution in [3.05, 3.63) is 89.7 Å². The van der Waals surface area contributed by atoms with Gasteiger partial charge in [-0.2, -0.15) is 0 Å². The van der Waals surface area contributed by atoms with Gasteiger partial charge in [0.25, 0.3) is 0 Å². The van der Waals surface area contributed by atoms with Gasteiger partial charge in [0.1, 0.15) is 11.4 Å². The van der Waals surface area contributed by atoms with Crippen LogP contribution in [0.25, 0.3) is 22.2 Å². The highest BCUT2D eigenvalue weighted by Gasteiger charge is 2.36. The molecule has 0 spiro atoms. The summed E-state index contributed by atoms with van der Waals surface area (Å²) in [4.78, 5) is 52.6. The molecule has 0 bridgehead atoms. The fourth-order valence-electron chi connectivity index (χ4n) is 5.46. The van der Waals surface area contributed by atoms with E-state index in [0.29, 0.717) is 29.6 Å². The van der Waals surface area contributed by atoms with Gasteiger partial charge < -0.3 is 19.9 Å². The first-order chi connectivity index (χ1) is 21.0. The van der Waals surface area contributed by atoms with E-state index in [2.05, 4.69) is 21.9 Å². The normalized spacial score (nSPS) is 16.9. The number of halogens is 1. The van der Waals surface area contributed by atoms with Gasteiger partial charge >= 0.3 is 6.09 Å². The number of rotatable bonds is 9. The largest absolute Gasteiger partial charge is 0.444 e. The van der Waals surface area contributed by atoms with Crippen LogP contribution < -0.4 is 5.32 Å². The number of piperidine rings is 1. The van der Waals surface area contributed by atoms with Crippen molar-refractivity contribution in [2.24, 2.45) is 5.92 Å². The van der Waals surface area contributed by atoms with Crippen LogP contribution in [0.2, 0.25) is 5.02 Å². The van der Waals surface area contributed by atoms with Gasteiger partial charge in [0, 0.05) is 60.6 Å². The number of benzene rings is 2. The molecule has 44 heavy (non-hydrogen) atoms. The number of amides is 1. The van der Waals surface area contributed by atoms with E-state index in [1.54, 1.807) is 11.1 Å². The Balaban J connectivity index is 1.37. The number of carbonyl (C=O) groups excluding carboxylic acids is 3. The van der Waals surface area contributed by atoms with Crippen molar-refractivity contribution in [2.45, 2.75) is 51.7 Å². The maximum absolute atomic E-state index is 13.6. The number of carbonyl (C=O) groups is 3. The number of aromatic amines is 1. The van der Waals surface area contributed by atoms with Crippen LogP contribution in [0.5, 0.6) is 0 Å². The Labute approximate surface area is 261 Å². The number of para-hydroxylation sites is 1. The first-order valence-corrected chi connectivity index (χ1v) is 15.0. The number of fused-ring (bicyclic) bond motifs is 1. The Kier molecular flexibility index (Phi) is 9.15. The molecule has 9 nitrogen and oxygen atoms in total. The second kappa shape index (κ2) is 13.0. The smallest absolute Gasteiger partial charge is 0.410 e. The molecule has 2 N–H and O–H groups in total. The van der Waals surface area contributed by atoms with Crippen LogP contribution in [-0.2, 0) is 27.2 Å². The van der Waals surface area contributed by atoms with Crippen LogP contribution in [0.4, 0.5) is 10.7 Å². The summed E-state index contributed by atoms with van der Waals surface area (Å²) in [5.41, 5.74) is 3.33. The van der Waals surface area contributed by atoms with Gasteiger partial charge in [0.15, 0.2) is 5.78 Å². The molecule has 228 valence electrons. The zero-order valence-electron chi connectivity index (χ0n) is 25.1. The highest BCUT2D eigenvalue weighted by atomic mass is 35.5.